The highest BCUT2D eigenvalue weighted by Crippen LogP contribution is 2.19. The van der Waals surface area contributed by atoms with Crippen molar-refractivity contribution in [1.29, 1.82) is 0 Å². The summed E-state index contributed by atoms with van der Waals surface area (Å²) in [6.45, 7) is 5.35. The molecule has 0 atom stereocenters. The summed E-state index contributed by atoms with van der Waals surface area (Å²) in [5.74, 6) is 3.26. The highest BCUT2D eigenvalue weighted by Gasteiger charge is 2.00. The SMILES string of the molecule is C#CCOc1ccc(CNc2cccc(C)c2C)cc1. The van der Waals surface area contributed by atoms with Crippen LogP contribution in [0.4, 0.5) is 5.69 Å². The van der Waals surface area contributed by atoms with Gasteiger partial charge in [0.15, 0.2) is 0 Å². The minimum atomic E-state index is 0.306. The fraction of sp³-hybridized carbons (Fsp3) is 0.222. The van der Waals surface area contributed by atoms with E-state index >= 15 is 0 Å². The van der Waals surface area contributed by atoms with E-state index in [1.54, 1.807) is 0 Å². The Labute approximate surface area is 120 Å². The Morgan fingerprint density at radius 3 is 2.55 bits per heavy atom. The largest absolute Gasteiger partial charge is 0.481 e. The van der Waals surface area contributed by atoms with Gasteiger partial charge in [0, 0.05) is 12.2 Å². The fourth-order valence-electron chi connectivity index (χ4n) is 1.97. The van der Waals surface area contributed by atoms with Crippen molar-refractivity contribution in [1.82, 2.24) is 0 Å². The molecule has 0 unspecified atom stereocenters. The molecule has 0 saturated heterocycles. The monoisotopic (exact) mass is 265 g/mol. The molecule has 0 aliphatic rings. The van der Waals surface area contributed by atoms with E-state index in [1.807, 2.05) is 24.3 Å². The third kappa shape index (κ3) is 3.55. The molecule has 2 aromatic rings. The van der Waals surface area contributed by atoms with Gasteiger partial charge in [-0.2, -0.15) is 0 Å². The van der Waals surface area contributed by atoms with Gasteiger partial charge >= 0.3 is 0 Å². The number of hydrogen-bond acceptors (Lipinski definition) is 2. The lowest BCUT2D eigenvalue weighted by molar-refractivity contribution is 0.370. The van der Waals surface area contributed by atoms with Crippen LogP contribution < -0.4 is 10.1 Å². The summed E-state index contributed by atoms with van der Waals surface area (Å²) < 4.78 is 5.35. The number of ether oxygens (including phenoxy) is 1. The summed E-state index contributed by atoms with van der Waals surface area (Å²) in [4.78, 5) is 0. The molecule has 2 aromatic carbocycles. The van der Waals surface area contributed by atoms with Gasteiger partial charge in [-0.25, -0.2) is 0 Å². The maximum Gasteiger partial charge on any atom is 0.148 e. The molecular formula is C18H19NO. The molecule has 0 heterocycles. The van der Waals surface area contributed by atoms with Gasteiger partial charge in [-0.1, -0.05) is 30.2 Å². The Kier molecular flexibility index (Phi) is 4.68. The summed E-state index contributed by atoms with van der Waals surface area (Å²) in [6, 6.07) is 14.3. The second-order valence-corrected chi connectivity index (χ2v) is 4.74. The number of aryl methyl sites for hydroxylation is 1. The molecule has 2 heteroatoms. The van der Waals surface area contributed by atoms with Gasteiger partial charge < -0.3 is 10.1 Å². The first-order valence-electron chi connectivity index (χ1n) is 6.66. The van der Waals surface area contributed by atoms with Crippen molar-refractivity contribution >= 4 is 5.69 Å². The van der Waals surface area contributed by atoms with Crippen LogP contribution in [0.5, 0.6) is 5.75 Å². The Bertz CT molecular complexity index is 608. The molecule has 0 amide bonds. The minimum Gasteiger partial charge on any atom is -0.481 e. The Morgan fingerprint density at radius 1 is 1.10 bits per heavy atom. The Morgan fingerprint density at radius 2 is 1.85 bits per heavy atom. The van der Waals surface area contributed by atoms with Crippen molar-refractivity contribution < 1.29 is 4.74 Å². The zero-order chi connectivity index (χ0) is 14.4. The van der Waals surface area contributed by atoms with Gasteiger partial charge in [0.2, 0.25) is 0 Å². The number of hydrogen-bond donors (Lipinski definition) is 1. The van der Waals surface area contributed by atoms with Gasteiger partial charge in [-0.05, 0) is 48.7 Å². The van der Waals surface area contributed by atoms with Crippen molar-refractivity contribution in [2.45, 2.75) is 20.4 Å². The average molecular weight is 265 g/mol. The maximum atomic E-state index is 5.35. The Hall–Kier alpha value is -2.40. The van der Waals surface area contributed by atoms with Crippen LogP contribution in [0, 0.1) is 26.2 Å². The molecule has 102 valence electrons. The van der Waals surface area contributed by atoms with Gasteiger partial charge in [0.05, 0.1) is 0 Å². The first kappa shape index (κ1) is 14.0. The molecule has 20 heavy (non-hydrogen) atoms. The zero-order valence-corrected chi connectivity index (χ0v) is 11.9. The van der Waals surface area contributed by atoms with Gasteiger partial charge in [0.1, 0.15) is 12.4 Å². The van der Waals surface area contributed by atoms with Gasteiger partial charge in [0.25, 0.3) is 0 Å². The van der Waals surface area contributed by atoms with Crippen molar-refractivity contribution in [3.8, 4) is 18.1 Å². The molecule has 2 rings (SSSR count). The van der Waals surface area contributed by atoms with Crippen molar-refractivity contribution in [2.75, 3.05) is 11.9 Å². The zero-order valence-electron chi connectivity index (χ0n) is 11.9. The first-order valence-corrected chi connectivity index (χ1v) is 6.66. The predicted octanol–water partition coefficient (Wildman–Crippen LogP) is 3.93. The normalized spacial score (nSPS) is 9.85. The lowest BCUT2D eigenvalue weighted by Crippen LogP contribution is -2.02. The molecule has 0 saturated carbocycles. The highest BCUT2D eigenvalue weighted by molar-refractivity contribution is 5.54. The van der Waals surface area contributed by atoms with Crippen LogP contribution in [0.1, 0.15) is 16.7 Å². The van der Waals surface area contributed by atoms with E-state index in [4.69, 9.17) is 11.2 Å². The maximum absolute atomic E-state index is 5.35. The van der Waals surface area contributed by atoms with E-state index in [-0.39, 0.29) is 0 Å². The quantitative estimate of drug-likeness (QED) is 0.827. The predicted molar refractivity (Wildman–Crippen MR) is 84.0 cm³/mol. The smallest absolute Gasteiger partial charge is 0.148 e. The van der Waals surface area contributed by atoms with Crippen molar-refractivity contribution in [3.63, 3.8) is 0 Å². The van der Waals surface area contributed by atoms with E-state index in [0.717, 1.165) is 12.3 Å². The van der Waals surface area contributed by atoms with Crippen molar-refractivity contribution in [3.05, 3.63) is 59.2 Å². The molecule has 0 bridgehead atoms. The molecular weight excluding hydrogens is 246 g/mol. The van der Waals surface area contributed by atoms with Gasteiger partial charge in [-0.3, -0.25) is 0 Å². The van der Waals surface area contributed by atoms with Crippen LogP contribution in [0.3, 0.4) is 0 Å². The second kappa shape index (κ2) is 6.68. The number of rotatable bonds is 5. The van der Waals surface area contributed by atoms with Crippen LogP contribution in [-0.2, 0) is 6.54 Å². The first-order chi connectivity index (χ1) is 9.70. The summed E-state index contributed by atoms with van der Waals surface area (Å²) in [7, 11) is 0. The lowest BCUT2D eigenvalue weighted by Gasteiger charge is -2.11. The number of nitrogens with one attached hydrogen (secondary N) is 1. The molecule has 0 spiro atoms. The molecule has 0 aromatic heterocycles. The van der Waals surface area contributed by atoms with Crippen LogP contribution in [-0.4, -0.2) is 6.61 Å². The van der Waals surface area contributed by atoms with Crippen LogP contribution in [0.25, 0.3) is 0 Å². The molecule has 0 aliphatic heterocycles. The van der Waals surface area contributed by atoms with E-state index in [1.165, 1.54) is 22.4 Å². The highest BCUT2D eigenvalue weighted by atomic mass is 16.5. The average Bonchev–Trinajstić information content (AvgIpc) is 2.48. The third-order valence-electron chi connectivity index (χ3n) is 3.33. The summed E-state index contributed by atoms with van der Waals surface area (Å²) in [5.41, 5.74) is 4.98. The van der Waals surface area contributed by atoms with Crippen LogP contribution >= 0.6 is 0 Å². The summed E-state index contributed by atoms with van der Waals surface area (Å²) in [6.07, 6.45) is 5.16. The number of benzene rings is 2. The van der Waals surface area contributed by atoms with Crippen LogP contribution in [0.2, 0.25) is 0 Å². The van der Waals surface area contributed by atoms with E-state index in [0.29, 0.717) is 6.61 Å². The molecule has 2 nitrogen and oxygen atoms in total. The minimum absolute atomic E-state index is 0.306. The lowest BCUT2D eigenvalue weighted by atomic mass is 10.1. The number of anilines is 1. The van der Waals surface area contributed by atoms with E-state index in [2.05, 4.69) is 43.3 Å². The topological polar surface area (TPSA) is 21.3 Å². The van der Waals surface area contributed by atoms with Gasteiger partial charge in [-0.15, -0.1) is 6.42 Å². The third-order valence-corrected chi connectivity index (χ3v) is 3.33. The molecule has 0 aliphatic carbocycles. The second-order valence-electron chi connectivity index (χ2n) is 4.74. The Balaban J connectivity index is 1.97. The fourth-order valence-corrected chi connectivity index (χ4v) is 1.97. The molecule has 0 radical (unpaired) electrons. The standard InChI is InChI=1S/C18H19NO/c1-4-12-20-17-10-8-16(9-11-17)13-19-18-7-5-6-14(2)15(18)3/h1,5-11,19H,12-13H2,2-3H3. The number of terminal acetylenes is 1. The van der Waals surface area contributed by atoms with E-state index < -0.39 is 0 Å². The molecule has 1 N–H and O–H groups in total. The van der Waals surface area contributed by atoms with Crippen molar-refractivity contribution in [2.24, 2.45) is 0 Å². The molecule has 0 fully saturated rings. The summed E-state index contributed by atoms with van der Waals surface area (Å²) >= 11 is 0. The van der Waals surface area contributed by atoms with Crippen LogP contribution in [0.15, 0.2) is 42.5 Å². The van der Waals surface area contributed by atoms with E-state index in [9.17, 15) is 0 Å². The summed E-state index contributed by atoms with van der Waals surface area (Å²) in [5, 5.41) is 3.46.